The number of halogens is 1. The van der Waals surface area contributed by atoms with Gasteiger partial charge in [-0.3, -0.25) is 14.9 Å². The fourth-order valence-electron chi connectivity index (χ4n) is 4.04. The Labute approximate surface area is 210 Å². The van der Waals surface area contributed by atoms with Crippen molar-refractivity contribution in [2.75, 3.05) is 12.0 Å². The number of aryl methyl sites for hydroxylation is 2. The fourth-order valence-corrected chi connectivity index (χ4v) is 4.30. The topological polar surface area (TPSA) is 97.7 Å². The lowest BCUT2D eigenvalue weighted by molar-refractivity contribution is -0.122. The zero-order chi connectivity index (χ0) is 25.4. The Morgan fingerprint density at radius 2 is 1.69 bits per heavy atom. The van der Waals surface area contributed by atoms with Crippen molar-refractivity contribution in [1.82, 2.24) is 9.88 Å². The number of methoxy groups -OCH3 is 1. The summed E-state index contributed by atoms with van der Waals surface area (Å²) in [6.45, 7) is 5.67. The Hall–Kier alpha value is -3.98. The quantitative estimate of drug-likeness (QED) is 0.298. The Balaban J connectivity index is 1.78. The van der Waals surface area contributed by atoms with E-state index in [0.717, 1.165) is 32.0 Å². The molecule has 8 nitrogen and oxygen atoms in total. The van der Waals surface area contributed by atoms with Crippen molar-refractivity contribution in [1.29, 1.82) is 0 Å². The third-order valence-electron chi connectivity index (χ3n) is 5.83. The van der Waals surface area contributed by atoms with E-state index in [2.05, 4.69) is 21.2 Å². The van der Waals surface area contributed by atoms with E-state index in [1.807, 2.05) is 37.5 Å². The van der Waals surface area contributed by atoms with Gasteiger partial charge in [0, 0.05) is 21.5 Å². The van der Waals surface area contributed by atoms with E-state index in [1.54, 1.807) is 36.4 Å². The van der Waals surface area contributed by atoms with Gasteiger partial charge in [0.25, 0.3) is 11.8 Å². The predicted molar refractivity (Wildman–Crippen MR) is 134 cm³/mol. The normalized spacial score (nSPS) is 14.9. The SMILES string of the molecule is COC(=O)c1ccc(C)c(-n2c(C)cc(/C=C3\C(=O)NC(=O)N(c4ccc(Br)cc4)C3=O)c2C)c1. The smallest absolute Gasteiger partial charge is 0.337 e. The van der Waals surface area contributed by atoms with Gasteiger partial charge in [-0.1, -0.05) is 22.0 Å². The van der Waals surface area contributed by atoms with E-state index in [1.165, 1.54) is 13.2 Å². The summed E-state index contributed by atoms with van der Waals surface area (Å²) in [5.74, 6) is -1.92. The predicted octanol–water partition coefficient (Wildman–Crippen LogP) is 4.62. The van der Waals surface area contributed by atoms with E-state index in [4.69, 9.17) is 4.74 Å². The average molecular weight is 536 g/mol. The molecule has 2 heterocycles. The molecular weight excluding hydrogens is 514 g/mol. The van der Waals surface area contributed by atoms with Crippen LogP contribution < -0.4 is 10.2 Å². The molecule has 1 aromatic heterocycles. The molecule has 9 heteroatoms. The zero-order valence-corrected chi connectivity index (χ0v) is 21.1. The van der Waals surface area contributed by atoms with Crippen LogP contribution in [0, 0.1) is 20.8 Å². The molecule has 1 fully saturated rings. The number of esters is 1. The highest BCUT2D eigenvalue weighted by Crippen LogP contribution is 2.28. The molecule has 0 aliphatic carbocycles. The van der Waals surface area contributed by atoms with Gasteiger partial charge in [0.05, 0.1) is 18.4 Å². The third kappa shape index (κ3) is 4.42. The first-order chi connectivity index (χ1) is 16.6. The van der Waals surface area contributed by atoms with E-state index < -0.39 is 23.8 Å². The Morgan fingerprint density at radius 3 is 2.34 bits per heavy atom. The number of urea groups is 1. The van der Waals surface area contributed by atoms with Gasteiger partial charge in [0.2, 0.25) is 0 Å². The van der Waals surface area contributed by atoms with E-state index in [9.17, 15) is 19.2 Å². The third-order valence-corrected chi connectivity index (χ3v) is 6.36. The number of ether oxygens (including phenoxy) is 1. The van der Waals surface area contributed by atoms with Gasteiger partial charge in [-0.15, -0.1) is 0 Å². The van der Waals surface area contributed by atoms with Crippen LogP contribution in [0.15, 0.2) is 58.6 Å². The number of carbonyl (C=O) groups is 4. The molecule has 1 aliphatic rings. The molecule has 0 bridgehead atoms. The molecule has 0 spiro atoms. The summed E-state index contributed by atoms with van der Waals surface area (Å²) in [5.41, 5.74) is 4.52. The van der Waals surface area contributed by atoms with Gasteiger partial charge in [-0.05, 0) is 80.4 Å². The Kier molecular flexibility index (Phi) is 6.45. The lowest BCUT2D eigenvalue weighted by atomic mass is 10.1. The number of amides is 4. The van der Waals surface area contributed by atoms with Crippen LogP contribution in [0.5, 0.6) is 0 Å². The average Bonchev–Trinajstić information content (AvgIpc) is 3.10. The second kappa shape index (κ2) is 9.34. The number of carbonyl (C=O) groups excluding carboxylic acids is 4. The number of hydrogen-bond acceptors (Lipinski definition) is 5. The van der Waals surface area contributed by atoms with Crippen LogP contribution in [-0.4, -0.2) is 35.5 Å². The van der Waals surface area contributed by atoms with Crippen LogP contribution in [0.2, 0.25) is 0 Å². The van der Waals surface area contributed by atoms with Crippen molar-refractivity contribution >= 4 is 51.5 Å². The van der Waals surface area contributed by atoms with Crippen molar-refractivity contribution in [3.05, 3.63) is 86.7 Å². The minimum Gasteiger partial charge on any atom is -0.465 e. The molecule has 178 valence electrons. The number of nitrogens with zero attached hydrogens (tertiary/aromatic N) is 2. The molecule has 35 heavy (non-hydrogen) atoms. The number of imide groups is 2. The molecule has 4 amide bonds. The molecule has 3 aromatic rings. The Morgan fingerprint density at radius 1 is 1.00 bits per heavy atom. The van der Waals surface area contributed by atoms with Gasteiger partial charge < -0.3 is 9.30 Å². The Bertz CT molecular complexity index is 1420. The minimum atomic E-state index is -0.805. The maximum Gasteiger partial charge on any atom is 0.337 e. The van der Waals surface area contributed by atoms with Crippen LogP contribution in [0.1, 0.15) is 32.9 Å². The largest absolute Gasteiger partial charge is 0.465 e. The summed E-state index contributed by atoms with van der Waals surface area (Å²) in [5, 5.41) is 2.24. The molecular formula is C26H22BrN3O5. The minimum absolute atomic E-state index is 0.159. The van der Waals surface area contributed by atoms with Gasteiger partial charge in [0.15, 0.2) is 0 Å². The summed E-state index contributed by atoms with van der Waals surface area (Å²) in [6, 6.07) is 12.9. The summed E-state index contributed by atoms with van der Waals surface area (Å²) < 4.78 is 7.57. The van der Waals surface area contributed by atoms with Crippen LogP contribution in [0.25, 0.3) is 11.8 Å². The van der Waals surface area contributed by atoms with Crippen molar-refractivity contribution < 1.29 is 23.9 Å². The first kappa shape index (κ1) is 24.2. The summed E-state index contributed by atoms with van der Waals surface area (Å²) in [7, 11) is 1.33. The van der Waals surface area contributed by atoms with Gasteiger partial charge >= 0.3 is 12.0 Å². The monoisotopic (exact) mass is 535 g/mol. The van der Waals surface area contributed by atoms with E-state index in [0.29, 0.717) is 16.8 Å². The lowest BCUT2D eigenvalue weighted by Crippen LogP contribution is -2.54. The molecule has 0 unspecified atom stereocenters. The number of barbiturate groups is 1. The van der Waals surface area contributed by atoms with Crippen molar-refractivity contribution in [3.8, 4) is 5.69 Å². The maximum atomic E-state index is 13.2. The molecule has 0 saturated carbocycles. The first-order valence-electron chi connectivity index (χ1n) is 10.7. The summed E-state index contributed by atoms with van der Waals surface area (Å²) >= 11 is 3.33. The highest BCUT2D eigenvalue weighted by molar-refractivity contribution is 9.10. The maximum absolute atomic E-state index is 13.2. The van der Waals surface area contributed by atoms with Gasteiger partial charge in [-0.25, -0.2) is 14.5 Å². The second-order valence-corrected chi connectivity index (χ2v) is 9.00. The van der Waals surface area contributed by atoms with Crippen molar-refractivity contribution in [3.63, 3.8) is 0 Å². The molecule has 4 rings (SSSR count). The number of anilines is 1. The number of hydrogen-bond donors (Lipinski definition) is 1. The standard InChI is InChI=1S/C26H22BrN3O5/c1-14-5-6-17(25(33)35-4)13-22(14)29-15(2)11-18(16(29)3)12-21-23(31)28-26(34)30(24(21)32)20-9-7-19(27)8-10-20/h5-13H,1-4H3,(H,28,31,34)/b21-12+. The summed E-state index contributed by atoms with van der Waals surface area (Å²) in [6.07, 6.45) is 1.48. The molecule has 1 N–H and O–H groups in total. The molecule has 2 aromatic carbocycles. The van der Waals surface area contributed by atoms with E-state index >= 15 is 0 Å². The van der Waals surface area contributed by atoms with Crippen LogP contribution >= 0.6 is 15.9 Å². The molecule has 0 radical (unpaired) electrons. The van der Waals surface area contributed by atoms with Crippen LogP contribution in [-0.2, 0) is 14.3 Å². The number of nitrogens with one attached hydrogen (secondary N) is 1. The summed E-state index contributed by atoms with van der Waals surface area (Å²) in [4.78, 5) is 51.3. The highest BCUT2D eigenvalue weighted by atomic mass is 79.9. The first-order valence-corrected chi connectivity index (χ1v) is 11.5. The molecule has 1 aliphatic heterocycles. The zero-order valence-electron chi connectivity index (χ0n) is 19.5. The second-order valence-electron chi connectivity index (χ2n) is 8.09. The van der Waals surface area contributed by atoms with Crippen LogP contribution in [0.3, 0.4) is 0 Å². The number of benzene rings is 2. The molecule has 1 saturated heterocycles. The fraction of sp³-hybridized carbons (Fsp3) is 0.154. The molecule has 0 atom stereocenters. The lowest BCUT2D eigenvalue weighted by Gasteiger charge is -2.26. The van der Waals surface area contributed by atoms with Gasteiger partial charge in [-0.2, -0.15) is 0 Å². The van der Waals surface area contributed by atoms with Crippen molar-refractivity contribution in [2.24, 2.45) is 0 Å². The van der Waals surface area contributed by atoms with E-state index in [-0.39, 0.29) is 5.57 Å². The highest BCUT2D eigenvalue weighted by Gasteiger charge is 2.37. The number of aromatic nitrogens is 1. The van der Waals surface area contributed by atoms with Crippen molar-refractivity contribution in [2.45, 2.75) is 20.8 Å². The number of rotatable bonds is 4. The van der Waals surface area contributed by atoms with Gasteiger partial charge in [0.1, 0.15) is 5.57 Å². The van der Waals surface area contributed by atoms with Crippen LogP contribution in [0.4, 0.5) is 10.5 Å².